The number of amides is 2. The Morgan fingerprint density at radius 1 is 1.06 bits per heavy atom. The fourth-order valence-corrected chi connectivity index (χ4v) is 3.77. The summed E-state index contributed by atoms with van der Waals surface area (Å²) >= 11 is 6.15. The third-order valence-electron chi connectivity index (χ3n) is 5.20. The molecular weight excluding hydrogens is 444 g/mol. The highest BCUT2D eigenvalue weighted by Gasteiger charge is 2.44. The van der Waals surface area contributed by atoms with Crippen LogP contribution in [0.5, 0.6) is 23.0 Å². The second-order valence-electron chi connectivity index (χ2n) is 7.93. The van der Waals surface area contributed by atoms with Crippen LogP contribution >= 0.6 is 11.6 Å². The summed E-state index contributed by atoms with van der Waals surface area (Å²) in [5.74, 6) is 2.05. The summed E-state index contributed by atoms with van der Waals surface area (Å²) in [4.78, 5) is 27.5. The second kappa shape index (κ2) is 9.50. The van der Waals surface area contributed by atoms with Gasteiger partial charge in [0, 0.05) is 24.9 Å². The van der Waals surface area contributed by atoms with E-state index in [1.54, 1.807) is 19.2 Å². The van der Waals surface area contributed by atoms with E-state index in [0.717, 1.165) is 24.0 Å². The number of rotatable bonds is 8. The number of aryl methyl sites for hydroxylation is 1. The smallest absolute Gasteiger partial charge is 0.415 e. The van der Waals surface area contributed by atoms with Crippen LogP contribution in [0.2, 0.25) is 5.02 Å². The van der Waals surface area contributed by atoms with Gasteiger partial charge in [0.05, 0.1) is 0 Å². The summed E-state index contributed by atoms with van der Waals surface area (Å²) in [7, 11) is 0. The van der Waals surface area contributed by atoms with Crippen LogP contribution in [-0.2, 0) is 22.4 Å². The Balaban J connectivity index is 1.53. The lowest BCUT2D eigenvalue weighted by Crippen LogP contribution is -2.38. The molecule has 0 saturated carbocycles. The summed E-state index contributed by atoms with van der Waals surface area (Å²) in [6, 6.07) is 14.7. The van der Waals surface area contributed by atoms with Gasteiger partial charge in [-0.15, -0.1) is 0 Å². The van der Waals surface area contributed by atoms with E-state index in [1.165, 1.54) is 6.20 Å². The SMILES string of the molecule is CCCc1cc(Oc2ccncc2Cl)ccc1Oc1cccc(C[C@@]2(C)OC(=O)NC2=O)c1. The molecule has 3 aromatic rings. The highest BCUT2D eigenvalue weighted by molar-refractivity contribution is 6.31. The summed E-state index contributed by atoms with van der Waals surface area (Å²) in [5.41, 5.74) is 0.557. The molecule has 33 heavy (non-hydrogen) atoms. The largest absolute Gasteiger partial charge is 0.457 e. The predicted octanol–water partition coefficient (Wildman–Crippen LogP) is 5.84. The minimum atomic E-state index is -1.24. The Morgan fingerprint density at radius 2 is 1.85 bits per heavy atom. The number of hydrogen-bond acceptors (Lipinski definition) is 6. The van der Waals surface area contributed by atoms with Gasteiger partial charge in [0.25, 0.3) is 5.91 Å². The summed E-state index contributed by atoms with van der Waals surface area (Å²) < 4.78 is 17.3. The van der Waals surface area contributed by atoms with E-state index in [2.05, 4.69) is 17.2 Å². The van der Waals surface area contributed by atoms with Crippen molar-refractivity contribution in [3.05, 3.63) is 77.1 Å². The van der Waals surface area contributed by atoms with Gasteiger partial charge in [0.15, 0.2) is 5.60 Å². The monoisotopic (exact) mass is 466 g/mol. The Hall–Kier alpha value is -3.58. The number of aromatic nitrogens is 1. The third kappa shape index (κ3) is 5.26. The number of carbonyl (C=O) groups excluding carboxylic acids is 2. The van der Waals surface area contributed by atoms with E-state index in [-0.39, 0.29) is 6.42 Å². The third-order valence-corrected chi connectivity index (χ3v) is 5.48. The molecular formula is C25H23ClN2O5. The van der Waals surface area contributed by atoms with Crippen molar-refractivity contribution < 1.29 is 23.8 Å². The quantitative estimate of drug-likeness (QED) is 0.448. The molecule has 0 unspecified atom stereocenters. The number of carbonyl (C=O) groups is 2. The van der Waals surface area contributed by atoms with Crippen LogP contribution in [0.4, 0.5) is 4.79 Å². The minimum absolute atomic E-state index is 0.239. The molecule has 0 aliphatic carbocycles. The number of halogens is 1. The number of cyclic esters (lactones) is 1. The van der Waals surface area contributed by atoms with Crippen molar-refractivity contribution in [1.82, 2.24) is 10.3 Å². The molecule has 0 bridgehead atoms. The first kappa shape index (κ1) is 22.6. The maximum absolute atomic E-state index is 12.1. The first-order chi connectivity index (χ1) is 15.9. The number of nitrogens with zero attached hydrogens (tertiary/aromatic N) is 1. The molecule has 0 spiro atoms. The summed E-state index contributed by atoms with van der Waals surface area (Å²) in [6.07, 6.45) is 4.39. The van der Waals surface area contributed by atoms with E-state index in [4.69, 9.17) is 25.8 Å². The fraction of sp³-hybridized carbons (Fsp3) is 0.240. The number of alkyl carbamates (subject to hydrolysis) is 1. The molecule has 2 amide bonds. The zero-order valence-electron chi connectivity index (χ0n) is 18.3. The first-order valence-electron chi connectivity index (χ1n) is 10.6. The van der Waals surface area contributed by atoms with Gasteiger partial charge in [-0.25, -0.2) is 4.79 Å². The highest BCUT2D eigenvalue weighted by atomic mass is 35.5. The number of hydrogen-bond donors (Lipinski definition) is 1. The lowest BCUT2D eigenvalue weighted by molar-refractivity contribution is -0.129. The Morgan fingerprint density at radius 3 is 2.58 bits per heavy atom. The molecule has 0 radical (unpaired) electrons. The molecule has 1 aliphatic rings. The van der Waals surface area contributed by atoms with Crippen molar-refractivity contribution in [2.75, 3.05) is 0 Å². The first-order valence-corrected chi connectivity index (χ1v) is 11.0. The molecule has 8 heteroatoms. The van der Waals surface area contributed by atoms with Gasteiger partial charge < -0.3 is 14.2 Å². The average Bonchev–Trinajstić information content (AvgIpc) is 3.03. The number of ether oxygens (including phenoxy) is 3. The van der Waals surface area contributed by atoms with E-state index in [1.807, 2.05) is 42.5 Å². The Kier molecular flexibility index (Phi) is 6.51. The van der Waals surface area contributed by atoms with Crippen molar-refractivity contribution in [3.63, 3.8) is 0 Å². The summed E-state index contributed by atoms with van der Waals surface area (Å²) in [5, 5.41) is 2.61. The second-order valence-corrected chi connectivity index (χ2v) is 8.34. The molecule has 2 heterocycles. The van der Waals surface area contributed by atoms with E-state index < -0.39 is 17.6 Å². The topological polar surface area (TPSA) is 86.8 Å². The van der Waals surface area contributed by atoms with E-state index >= 15 is 0 Å². The fourth-order valence-electron chi connectivity index (χ4n) is 3.61. The van der Waals surface area contributed by atoms with Crippen LogP contribution < -0.4 is 14.8 Å². The Labute approximate surface area is 196 Å². The van der Waals surface area contributed by atoms with Gasteiger partial charge >= 0.3 is 6.09 Å². The van der Waals surface area contributed by atoms with Gasteiger partial charge in [-0.05, 0) is 54.8 Å². The number of imide groups is 1. The molecule has 1 atom stereocenters. The maximum Gasteiger partial charge on any atom is 0.415 e. The standard InChI is InChI=1S/C25H23ClN2O5/c1-3-5-17-13-19(32-22-10-11-27-15-20(22)26)8-9-21(17)31-18-7-4-6-16(12-18)14-25(2)23(29)28-24(30)33-25/h4,6-13,15H,3,5,14H2,1-2H3,(H,28,29,30)/t25-/m1/s1. The average molecular weight is 467 g/mol. The molecule has 1 saturated heterocycles. The zero-order valence-corrected chi connectivity index (χ0v) is 19.0. The minimum Gasteiger partial charge on any atom is -0.457 e. The lowest BCUT2D eigenvalue weighted by atomic mass is 9.96. The van der Waals surface area contributed by atoms with Crippen molar-refractivity contribution in [3.8, 4) is 23.0 Å². The molecule has 1 N–H and O–H groups in total. The van der Waals surface area contributed by atoms with Gasteiger partial charge in [-0.1, -0.05) is 37.1 Å². The molecule has 170 valence electrons. The van der Waals surface area contributed by atoms with Crippen molar-refractivity contribution in [1.29, 1.82) is 0 Å². The lowest BCUT2D eigenvalue weighted by Gasteiger charge is -2.19. The number of nitrogens with one attached hydrogen (secondary N) is 1. The van der Waals surface area contributed by atoms with E-state index in [0.29, 0.717) is 28.0 Å². The maximum atomic E-state index is 12.1. The van der Waals surface area contributed by atoms with Crippen molar-refractivity contribution in [2.45, 2.75) is 38.7 Å². The predicted molar refractivity (Wildman–Crippen MR) is 123 cm³/mol. The normalized spacial score (nSPS) is 17.4. The molecule has 7 nitrogen and oxygen atoms in total. The van der Waals surface area contributed by atoms with Crippen molar-refractivity contribution in [2.24, 2.45) is 0 Å². The Bertz CT molecular complexity index is 1200. The van der Waals surface area contributed by atoms with Crippen LogP contribution in [0.15, 0.2) is 60.9 Å². The number of pyridine rings is 1. The highest BCUT2D eigenvalue weighted by Crippen LogP contribution is 2.34. The van der Waals surface area contributed by atoms with E-state index in [9.17, 15) is 9.59 Å². The zero-order chi connectivity index (χ0) is 23.4. The van der Waals surface area contributed by atoms with Gasteiger partial charge in [-0.2, -0.15) is 0 Å². The van der Waals surface area contributed by atoms with Crippen LogP contribution in [-0.4, -0.2) is 22.6 Å². The van der Waals surface area contributed by atoms with Crippen LogP contribution in [0.3, 0.4) is 0 Å². The number of benzene rings is 2. The van der Waals surface area contributed by atoms with Gasteiger partial charge in [0.1, 0.15) is 28.0 Å². The molecule has 1 aromatic heterocycles. The summed E-state index contributed by atoms with van der Waals surface area (Å²) in [6.45, 7) is 3.68. The van der Waals surface area contributed by atoms with Gasteiger partial charge in [0.2, 0.25) is 0 Å². The van der Waals surface area contributed by atoms with Gasteiger partial charge in [-0.3, -0.25) is 15.1 Å². The molecule has 2 aromatic carbocycles. The molecule has 1 fully saturated rings. The van der Waals surface area contributed by atoms with Crippen LogP contribution in [0.25, 0.3) is 0 Å². The van der Waals surface area contributed by atoms with Crippen molar-refractivity contribution >= 4 is 23.6 Å². The van der Waals surface area contributed by atoms with Crippen LogP contribution in [0.1, 0.15) is 31.4 Å². The molecule has 1 aliphatic heterocycles. The molecule has 4 rings (SSSR count). The van der Waals surface area contributed by atoms with Crippen LogP contribution in [0, 0.1) is 0 Å².